The Hall–Kier alpha value is -4.96. The lowest BCUT2D eigenvalue weighted by atomic mass is 9.95. The number of allylic oxidation sites excluding steroid dienone is 1. The third-order valence-electron chi connectivity index (χ3n) is 6.89. The molecule has 0 fully saturated rings. The Balaban J connectivity index is 1.55. The van der Waals surface area contributed by atoms with Crippen molar-refractivity contribution >= 4 is 29.4 Å². The van der Waals surface area contributed by atoms with Crippen LogP contribution < -0.4 is 24.4 Å². The molecule has 1 unspecified atom stereocenters. The number of hydrogen-bond acceptors (Lipinski definition) is 9. The third kappa shape index (κ3) is 6.14. The van der Waals surface area contributed by atoms with E-state index >= 15 is 0 Å². The number of rotatable bonds is 9. The minimum atomic E-state index is -0.799. The molecule has 0 N–H and O–H groups in total. The van der Waals surface area contributed by atoms with E-state index in [0.717, 1.165) is 11.1 Å². The molecule has 0 saturated heterocycles. The number of esters is 2. The van der Waals surface area contributed by atoms with Gasteiger partial charge < -0.3 is 18.9 Å². The Bertz CT molecular complexity index is 1870. The van der Waals surface area contributed by atoms with E-state index in [0.29, 0.717) is 44.3 Å². The first-order chi connectivity index (χ1) is 20.8. The summed E-state index contributed by atoms with van der Waals surface area (Å²) in [4.78, 5) is 44.1. The number of carbonyl (C=O) groups is 2. The summed E-state index contributed by atoms with van der Waals surface area (Å²) in [5.74, 6) is 0.0622. The summed E-state index contributed by atoms with van der Waals surface area (Å²) in [5, 5.41) is 0. The molecule has 220 valence electrons. The highest BCUT2D eigenvalue weighted by Gasteiger charge is 2.33. The normalized spacial score (nSPS) is 14.5. The van der Waals surface area contributed by atoms with Gasteiger partial charge in [-0.15, -0.1) is 0 Å². The number of fused-ring (bicyclic) bond motifs is 1. The van der Waals surface area contributed by atoms with E-state index in [1.54, 1.807) is 63.4 Å². The van der Waals surface area contributed by atoms with Crippen molar-refractivity contribution in [3.63, 3.8) is 0 Å². The highest BCUT2D eigenvalue weighted by Crippen LogP contribution is 2.32. The van der Waals surface area contributed by atoms with Gasteiger partial charge in [-0.2, -0.15) is 0 Å². The Morgan fingerprint density at radius 1 is 0.977 bits per heavy atom. The predicted molar refractivity (Wildman–Crippen MR) is 162 cm³/mol. The molecule has 4 aromatic rings. The first kappa shape index (κ1) is 29.5. The van der Waals surface area contributed by atoms with Gasteiger partial charge in [-0.25, -0.2) is 14.6 Å². The molecule has 43 heavy (non-hydrogen) atoms. The quantitative estimate of drug-likeness (QED) is 0.266. The number of nitrogens with zero attached hydrogens (tertiary/aromatic N) is 2. The van der Waals surface area contributed by atoms with Crippen molar-refractivity contribution in [3.05, 3.63) is 126 Å². The Morgan fingerprint density at radius 3 is 2.40 bits per heavy atom. The van der Waals surface area contributed by atoms with E-state index < -0.39 is 18.0 Å². The van der Waals surface area contributed by atoms with Crippen LogP contribution in [-0.4, -0.2) is 37.3 Å². The molecule has 5 rings (SSSR count). The average molecular weight is 599 g/mol. The third-order valence-corrected chi connectivity index (χ3v) is 7.87. The van der Waals surface area contributed by atoms with Crippen LogP contribution in [0.15, 0.2) is 93.9 Å². The molecule has 1 aliphatic rings. The molecule has 1 aliphatic heterocycles. The largest absolute Gasteiger partial charge is 0.493 e. The number of hydrogen-bond donors (Lipinski definition) is 0. The summed E-state index contributed by atoms with van der Waals surface area (Å²) in [6.45, 7) is 3.99. The van der Waals surface area contributed by atoms with Crippen LogP contribution in [-0.2, 0) is 20.9 Å². The van der Waals surface area contributed by atoms with E-state index in [4.69, 9.17) is 18.9 Å². The number of ether oxygens (including phenoxy) is 4. The maximum Gasteiger partial charge on any atom is 0.338 e. The standard InChI is InChI=1S/C33H30N2O7S/c1-5-41-32(38)28-20(2)34-33-35(29(28)23-12-14-24(15-13-23)31(37)40-4)30(36)27(43-33)18-22-11-16-25(26(17-22)39-3)42-19-21-9-7-6-8-10-21/h6-18,29H,5,19H2,1-4H3. The molecule has 10 heteroatoms. The molecule has 0 aliphatic carbocycles. The van der Waals surface area contributed by atoms with Crippen molar-refractivity contribution in [1.82, 2.24) is 4.57 Å². The second-order valence-electron chi connectivity index (χ2n) is 9.60. The van der Waals surface area contributed by atoms with Crippen LogP contribution in [0.4, 0.5) is 0 Å². The molecular weight excluding hydrogens is 568 g/mol. The first-order valence-electron chi connectivity index (χ1n) is 13.6. The zero-order valence-corrected chi connectivity index (χ0v) is 25.0. The smallest absolute Gasteiger partial charge is 0.338 e. The Morgan fingerprint density at radius 2 is 1.72 bits per heavy atom. The van der Waals surface area contributed by atoms with Crippen molar-refractivity contribution in [2.75, 3.05) is 20.8 Å². The summed E-state index contributed by atoms with van der Waals surface area (Å²) >= 11 is 1.22. The van der Waals surface area contributed by atoms with Crippen molar-refractivity contribution in [2.24, 2.45) is 4.99 Å². The van der Waals surface area contributed by atoms with Gasteiger partial charge in [0.05, 0.1) is 48.2 Å². The van der Waals surface area contributed by atoms with Crippen molar-refractivity contribution in [3.8, 4) is 11.5 Å². The Kier molecular flexibility index (Phi) is 8.87. The molecule has 0 spiro atoms. The number of thiazole rings is 1. The highest BCUT2D eigenvalue weighted by atomic mass is 32.1. The molecule has 0 radical (unpaired) electrons. The van der Waals surface area contributed by atoms with Gasteiger partial charge in [-0.05, 0) is 60.9 Å². The average Bonchev–Trinajstić information content (AvgIpc) is 3.33. The van der Waals surface area contributed by atoms with Crippen LogP contribution in [0.2, 0.25) is 0 Å². The molecule has 9 nitrogen and oxygen atoms in total. The summed E-state index contributed by atoms with van der Waals surface area (Å²) in [6, 6.07) is 21.1. The van der Waals surface area contributed by atoms with Crippen LogP contribution in [0.5, 0.6) is 11.5 Å². The van der Waals surface area contributed by atoms with Gasteiger partial charge in [0.1, 0.15) is 6.61 Å². The summed E-state index contributed by atoms with van der Waals surface area (Å²) < 4.78 is 23.6. The van der Waals surface area contributed by atoms with Crippen LogP contribution in [0.1, 0.15) is 46.9 Å². The van der Waals surface area contributed by atoms with Gasteiger partial charge in [0.15, 0.2) is 16.3 Å². The zero-order chi connectivity index (χ0) is 30.5. The van der Waals surface area contributed by atoms with Gasteiger partial charge in [-0.1, -0.05) is 59.9 Å². The van der Waals surface area contributed by atoms with Crippen LogP contribution in [0.25, 0.3) is 6.08 Å². The lowest BCUT2D eigenvalue weighted by molar-refractivity contribution is -0.139. The van der Waals surface area contributed by atoms with Crippen LogP contribution in [0, 0.1) is 0 Å². The molecule has 0 saturated carbocycles. The second kappa shape index (κ2) is 12.9. The zero-order valence-electron chi connectivity index (χ0n) is 24.2. The molecule has 2 heterocycles. The summed E-state index contributed by atoms with van der Waals surface area (Å²) in [7, 11) is 2.87. The van der Waals surface area contributed by atoms with Gasteiger partial charge in [0.2, 0.25) is 0 Å². The van der Waals surface area contributed by atoms with E-state index in [1.165, 1.54) is 23.0 Å². The fourth-order valence-electron chi connectivity index (χ4n) is 4.81. The number of benzene rings is 3. The van der Waals surface area contributed by atoms with Crippen LogP contribution >= 0.6 is 11.3 Å². The van der Waals surface area contributed by atoms with Gasteiger partial charge in [0, 0.05) is 0 Å². The molecular formula is C33H30N2O7S. The lowest BCUT2D eigenvalue weighted by Crippen LogP contribution is -2.40. The molecule has 3 aromatic carbocycles. The maximum absolute atomic E-state index is 13.9. The minimum Gasteiger partial charge on any atom is -0.493 e. The molecule has 0 amide bonds. The number of carbonyl (C=O) groups excluding carboxylic acids is 2. The van der Waals surface area contributed by atoms with Crippen molar-refractivity contribution < 1.29 is 28.5 Å². The lowest BCUT2D eigenvalue weighted by Gasteiger charge is -2.24. The monoisotopic (exact) mass is 598 g/mol. The fraction of sp³-hybridized carbons (Fsp3) is 0.212. The maximum atomic E-state index is 13.9. The highest BCUT2D eigenvalue weighted by molar-refractivity contribution is 7.07. The van der Waals surface area contributed by atoms with Crippen molar-refractivity contribution in [1.29, 1.82) is 0 Å². The first-order valence-corrected chi connectivity index (χ1v) is 14.4. The summed E-state index contributed by atoms with van der Waals surface area (Å²) in [5.41, 5.74) is 3.13. The van der Waals surface area contributed by atoms with E-state index in [1.807, 2.05) is 36.4 Å². The SMILES string of the molecule is CCOC(=O)C1=C(C)N=c2sc(=Cc3ccc(OCc4ccccc4)c(OC)c3)c(=O)n2C1c1ccc(C(=O)OC)cc1. The molecule has 0 bridgehead atoms. The predicted octanol–water partition coefficient (Wildman–Crippen LogP) is 4.17. The second-order valence-corrected chi connectivity index (χ2v) is 10.6. The number of aromatic nitrogens is 1. The summed E-state index contributed by atoms with van der Waals surface area (Å²) in [6.07, 6.45) is 1.76. The van der Waals surface area contributed by atoms with Gasteiger partial charge in [0.25, 0.3) is 5.56 Å². The van der Waals surface area contributed by atoms with Crippen molar-refractivity contribution in [2.45, 2.75) is 26.5 Å². The Labute approximate surface area is 252 Å². The molecule has 1 aromatic heterocycles. The number of methoxy groups -OCH3 is 2. The molecule has 1 atom stereocenters. The fourth-order valence-corrected chi connectivity index (χ4v) is 5.85. The minimum absolute atomic E-state index is 0.168. The van der Waals surface area contributed by atoms with Crippen LogP contribution in [0.3, 0.4) is 0 Å². The van der Waals surface area contributed by atoms with E-state index in [2.05, 4.69) is 4.99 Å². The van der Waals surface area contributed by atoms with Gasteiger partial charge >= 0.3 is 11.9 Å². The topological polar surface area (TPSA) is 105 Å². The van der Waals surface area contributed by atoms with Gasteiger partial charge in [-0.3, -0.25) is 9.36 Å². The van der Waals surface area contributed by atoms with E-state index in [-0.39, 0.29) is 17.7 Å². The van der Waals surface area contributed by atoms with E-state index in [9.17, 15) is 14.4 Å².